The topological polar surface area (TPSA) is 140 Å². The van der Waals surface area contributed by atoms with Crippen molar-refractivity contribution in [2.75, 3.05) is 45.9 Å². The van der Waals surface area contributed by atoms with Crippen molar-refractivity contribution in [3.63, 3.8) is 0 Å². The summed E-state index contributed by atoms with van der Waals surface area (Å²) in [5, 5.41) is 14.3. The maximum Gasteiger partial charge on any atom is 0.310 e. The standard InChI is InChI=1S/C26H29ClN5O7S2/c1-16-10-20-21(15-32(16)35)39-25(28-20)26(34)31-5-4-30(14-19(31)13-23(33)29-6-8-38-9-7-29)41(36,37)24-11-17-2-3-18(27)12-22(17)40-24/h2-3,11-12,16,19H,4-10,13-15H2,1H3/q-1. The summed E-state index contributed by atoms with van der Waals surface area (Å²) < 4.78 is 40.8. The highest BCUT2D eigenvalue weighted by Crippen LogP contribution is 2.34. The number of carbonyl (C=O) groups is 2. The number of ether oxygens (including phenoxy) is 1. The van der Waals surface area contributed by atoms with Crippen LogP contribution in [0.25, 0.3) is 10.1 Å². The van der Waals surface area contributed by atoms with Crippen molar-refractivity contribution in [2.24, 2.45) is 0 Å². The van der Waals surface area contributed by atoms with Gasteiger partial charge in [0.2, 0.25) is 5.91 Å². The van der Waals surface area contributed by atoms with E-state index in [2.05, 4.69) is 4.98 Å². The fourth-order valence-electron chi connectivity index (χ4n) is 5.43. The SMILES string of the molecule is CC1Cc2nc(C(=O)N3CCN(S(=O)(=O)c4cc5ccc(Cl)cc5s4)CC3CC(=O)N3CCOCC3)oc2CN1[O-]. The second-order valence-electron chi connectivity index (χ2n) is 10.5. The largest absolute Gasteiger partial charge is 0.785 e. The Balaban J connectivity index is 1.27. The van der Waals surface area contributed by atoms with E-state index in [1.807, 2.05) is 0 Å². The molecule has 0 saturated carbocycles. The number of hydrogen-bond acceptors (Lipinski definition) is 10. The summed E-state index contributed by atoms with van der Waals surface area (Å²) in [5.74, 6) is -0.514. The van der Waals surface area contributed by atoms with Crippen LogP contribution in [0.4, 0.5) is 0 Å². The number of thiophene rings is 1. The number of aromatic nitrogens is 1. The van der Waals surface area contributed by atoms with Crippen LogP contribution in [0.5, 0.6) is 0 Å². The number of halogens is 1. The van der Waals surface area contributed by atoms with Crippen LogP contribution >= 0.6 is 22.9 Å². The molecule has 3 aromatic rings. The Morgan fingerprint density at radius 2 is 1.95 bits per heavy atom. The molecular formula is C26H29ClN5O7S2-. The molecule has 15 heteroatoms. The Bertz CT molecular complexity index is 1560. The number of oxazole rings is 1. The van der Waals surface area contributed by atoms with Crippen LogP contribution in [0.2, 0.25) is 5.02 Å². The van der Waals surface area contributed by atoms with E-state index in [0.717, 1.165) is 26.5 Å². The summed E-state index contributed by atoms with van der Waals surface area (Å²) in [7, 11) is -3.91. The zero-order chi connectivity index (χ0) is 28.9. The maximum atomic E-state index is 13.7. The van der Waals surface area contributed by atoms with Gasteiger partial charge < -0.3 is 29.2 Å². The number of amides is 2. The quantitative estimate of drug-likeness (QED) is 0.420. The lowest BCUT2D eigenvalue weighted by atomic mass is 10.1. The number of benzene rings is 1. The van der Waals surface area contributed by atoms with Gasteiger partial charge in [-0.15, -0.1) is 11.3 Å². The van der Waals surface area contributed by atoms with Gasteiger partial charge in [0.15, 0.2) is 0 Å². The molecule has 2 saturated heterocycles. The molecule has 3 aliphatic heterocycles. The summed E-state index contributed by atoms with van der Waals surface area (Å²) in [4.78, 5) is 34.5. The van der Waals surface area contributed by atoms with Crippen molar-refractivity contribution in [3.05, 3.63) is 51.8 Å². The molecule has 0 radical (unpaired) electrons. The third-order valence-corrected chi connectivity index (χ3v) is 11.4. The van der Waals surface area contributed by atoms with Crippen molar-refractivity contribution >= 4 is 54.9 Å². The number of rotatable bonds is 5. The molecule has 220 valence electrons. The monoisotopic (exact) mass is 622 g/mol. The van der Waals surface area contributed by atoms with E-state index in [0.29, 0.717) is 49.2 Å². The van der Waals surface area contributed by atoms with Crippen molar-refractivity contribution in [2.45, 2.75) is 42.6 Å². The van der Waals surface area contributed by atoms with Gasteiger partial charge in [0.25, 0.3) is 15.9 Å². The Labute approximate surface area is 246 Å². The molecule has 2 fully saturated rings. The molecule has 2 amide bonds. The molecule has 2 aromatic heterocycles. The minimum atomic E-state index is -3.91. The average Bonchev–Trinajstić information content (AvgIpc) is 3.57. The summed E-state index contributed by atoms with van der Waals surface area (Å²) in [5.41, 5.74) is 0.569. The molecular weight excluding hydrogens is 594 g/mol. The summed E-state index contributed by atoms with van der Waals surface area (Å²) in [6.07, 6.45) is 0.298. The number of sulfonamides is 1. The lowest BCUT2D eigenvalue weighted by molar-refractivity contribution is -0.136. The second kappa shape index (κ2) is 11.2. The molecule has 12 nitrogen and oxygen atoms in total. The maximum absolute atomic E-state index is 13.7. The fourth-order valence-corrected chi connectivity index (χ4v) is 8.72. The molecule has 2 unspecified atom stereocenters. The second-order valence-corrected chi connectivity index (χ2v) is 14.2. The summed E-state index contributed by atoms with van der Waals surface area (Å²) >= 11 is 7.23. The minimum Gasteiger partial charge on any atom is -0.785 e. The molecule has 1 aromatic carbocycles. The van der Waals surface area contributed by atoms with Gasteiger partial charge in [0.1, 0.15) is 9.97 Å². The fraction of sp³-hybridized carbons (Fsp3) is 0.500. The third-order valence-electron chi connectivity index (χ3n) is 7.78. The van der Waals surface area contributed by atoms with Gasteiger partial charge in [-0.3, -0.25) is 9.59 Å². The van der Waals surface area contributed by atoms with E-state index in [1.165, 1.54) is 9.21 Å². The first-order valence-corrected chi connectivity index (χ1v) is 16.0. The molecule has 3 aliphatic rings. The zero-order valence-corrected chi connectivity index (χ0v) is 24.7. The molecule has 0 bridgehead atoms. The first kappa shape index (κ1) is 28.5. The van der Waals surface area contributed by atoms with Crippen molar-refractivity contribution < 1.29 is 27.2 Å². The highest BCUT2D eigenvalue weighted by atomic mass is 35.5. The first-order chi connectivity index (χ1) is 19.6. The predicted octanol–water partition coefficient (Wildman–Crippen LogP) is 2.55. The Morgan fingerprint density at radius 1 is 1.17 bits per heavy atom. The minimum absolute atomic E-state index is 0.00211. The van der Waals surface area contributed by atoms with Crippen LogP contribution in [-0.4, -0.2) is 102 Å². The van der Waals surface area contributed by atoms with Crippen LogP contribution in [0.15, 0.2) is 32.9 Å². The lowest BCUT2D eigenvalue weighted by Crippen LogP contribution is -2.58. The van der Waals surface area contributed by atoms with Crippen molar-refractivity contribution in [1.82, 2.24) is 24.2 Å². The van der Waals surface area contributed by atoms with E-state index in [9.17, 15) is 23.2 Å². The van der Waals surface area contributed by atoms with E-state index in [-0.39, 0.29) is 54.6 Å². The predicted molar refractivity (Wildman–Crippen MR) is 151 cm³/mol. The number of carbonyl (C=O) groups excluding carboxylic acids is 2. The molecule has 0 spiro atoms. The van der Waals surface area contributed by atoms with Gasteiger partial charge in [-0.1, -0.05) is 24.6 Å². The summed E-state index contributed by atoms with van der Waals surface area (Å²) in [6.45, 7) is 3.52. The molecule has 2 atom stereocenters. The van der Waals surface area contributed by atoms with Gasteiger partial charge in [0, 0.05) is 67.9 Å². The van der Waals surface area contributed by atoms with Gasteiger partial charge in [-0.2, -0.15) is 4.31 Å². The lowest BCUT2D eigenvalue weighted by Gasteiger charge is -2.40. The number of hydrogen-bond donors (Lipinski definition) is 0. The molecule has 6 rings (SSSR count). The zero-order valence-electron chi connectivity index (χ0n) is 22.3. The third kappa shape index (κ3) is 5.61. The molecule has 0 N–H and O–H groups in total. The van der Waals surface area contributed by atoms with Crippen molar-refractivity contribution in [3.8, 4) is 0 Å². The van der Waals surface area contributed by atoms with Gasteiger partial charge in [-0.25, -0.2) is 13.4 Å². The van der Waals surface area contributed by atoms with Crippen LogP contribution in [-0.2, 0) is 32.5 Å². The number of piperazine rings is 1. The van der Waals surface area contributed by atoms with Crippen LogP contribution < -0.4 is 0 Å². The first-order valence-electron chi connectivity index (χ1n) is 13.4. The Morgan fingerprint density at radius 3 is 2.73 bits per heavy atom. The van der Waals surface area contributed by atoms with Crippen LogP contribution in [0, 0.1) is 5.21 Å². The van der Waals surface area contributed by atoms with E-state index < -0.39 is 22.0 Å². The Hall–Kier alpha value is -2.59. The number of morpholine rings is 1. The number of nitrogens with zero attached hydrogens (tertiary/aromatic N) is 5. The van der Waals surface area contributed by atoms with Crippen LogP contribution in [0.1, 0.15) is 35.5 Å². The average molecular weight is 623 g/mol. The number of hydroxylamine groups is 2. The highest BCUT2D eigenvalue weighted by Gasteiger charge is 2.40. The Kier molecular flexibility index (Phi) is 7.82. The van der Waals surface area contributed by atoms with Gasteiger partial charge in [0.05, 0.1) is 24.9 Å². The molecule has 0 aliphatic carbocycles. The van der Waals surface area contributed by atoms with Gasteiger partial charge >= 0.3 is 5.91 Å². The van der Waals surface area contributed by atoms with E-state index in [1.54, 1.807) is 36.1 Å². The van der Waals surface area contributed by atoms with Gasteiger partial charge in [-0.05, 0) is 23.6 Å². The molecule has 5 heterocycles. The molecule has 41 heavy (non-hydrogen) atoms. The van der Waals surface area contributed by atoms with Crippen LogP contribution in [0.3, 0.4) is 0 Å². The van der Waals surface area contributed by atoms with E-state index in [4.69, 9.17) is 20.8 Å². The highest BCUT2D eigenvalue weighted by molar-refractivity contribution is 7.91. The summed E-state index contributed by atoms with van der Waals surface area (Å²) in [6, 6.07) is 5.80. The van der Waals surface area contributed by atoms with Crippen molar-refractivity contribution in [1.29, 1.82) is 0 Å². The normalized spacial score (nSPS) is 22.7. The van der Waals surface area contributed by atoms with E-state index >= 15 is 0 Å². The number of fused-ring (bicyclic) bond motifs is 2. The smallest absolute Gasteiger partial charge is 0.310 e.